The van der Waals surface area contributed by atoms with Crippen LogP contribution in [0.5, 0.6) is 0 Å². The van der Waals surface area contributed by atoms with Gasteiger partial charge < -0.3 is 15.2 Å². The topological polar surface area (TPSA) is 44.5 Å². The Bertz CT molecular complexity index is 287. The average molecular weight is 199 g/mol. The Morgan fingerprint density at radius 3 is 3.00 bits per heavy atom. The Kier molecular flexibility index (Phi) is 2.64. The highest BCUT2D eigenvalue weighted by Crippen LogP contribution is 2.31. The molecule has 1 aromatic heterocycles. The standard InChI is InChI=1S/C9H13NO2S/c1-6-2-3-8(13-6)9-11-5-7(4-10)12-9/h2-3,7,9H,4-5,10H2,1H3. The van der Waals surface area contributed by atoms with E-state index < -0.39 is 0 Å². The Morgan fingerprint density at radius 1 is 1.62 bits per heavy atom. The predicted molar refractivity (Wildman–Crippen MR) is 51.7 cm³/mol. The van der Waals surface area contributed by atoms with Gasteiger partial charge in [0.25, 0.3) is 0 Å². The molecule has 0 spiro atoms. The summed E-state index contributed by atoms with van der Waals surface area (Å²) in [5, 5.41) is 0. The van der Waals surface area contributed by atoms with Crippen molar-refractivity contribution in [3.63, 3.8) is 0 Å². The van der Waals surface area contributed by atoms with Crippen molar-refractivity contribution in [3.05, 3.63) is 21.9 Å². The number of ether oxygens (including phenoxy) is 2. The van der Waals surface area contributed by atoms with Crippen LogP contribution in [0.1, 0.15) is 16.0 Å². The van der Waals surface area contributed by atoms with Gasteiger partial charge in [-0.2, -0.15) is 0 Å². The zero-order chi connectivity index (χ0) is 9.26. The SMILES string of the molecule is Cc1ccc(C2OCC(CN)O2)s1. The van der Waals surface area contributed by atoms with Crippen LogP contribution in [0.25, 0.3) is 0 Å². The lowest BCUT2D eigenvalue weighted by atomic mass is 10.4. The van der Waals surface area contributed by atoms with Crippen LogP contribution < -0.4 is 5.73 Å². The fourth-order valence-corrected chi connectivity index (χ4v) is 2.16. The maximum absolute atomic E-state index is 5.57. The number of rotatable bonds is 2. The second kappa shape index (κ2) is 3.75. The molecule has 2 N–H and O–H groups in total. The lowest BCUT2D eigenvalue weighted by molar-refractivity contribution is -0.0559. The van der Waals surface area contributed by atoms with Crippen molar-refractivity contribution in [2.45, 2.75) is 19.3 Å². The van der Waals surface area contributed by atoms with Crippen LogP contribution in [-0.4, -0.2) is 19.3 Å². The molecule has 0 aliphatic carbocycles. The lowest BCUT2D eigenvalue weighted by Gasteiger charge is -2.07. The van der Waals surface area contributed by atoms with E-state index >= 15 is 0 Å². The summed E-state index contributed by atoms with van der Waals surface area (Å²) in [6.45, 7) is 3.21. The van der Waals surface area contributed by atoms with Gasteiger partial charge in [0.05, 0.1) is 17.6 Å². The third kappa shape index (κ3) is 1.91. The number of nitrogens with two attached hydrogens (primary N) is 1. The number of aryl methyl sites for hydroxylation is 1. The highest BCUT2D eigenvalue weighted by molar-refractivity contribution is 7.11. The molecule has 0 amide bonds. The van der Waals surface area contributed by atoms with Crippen molar-refractivity contribution in [1.29, 1.82) is 0 Å². The molecule has 3 nitrogen and oxygen atoms in total. The van der Waals surface area contributed by atoms with Crippen LogP contribution in [-0.2, 0) is 9.47 Å². The molecule has 1 aromatic rings. The van der Waals surface area contributed by atoms with Crippen LogP contribution in [0, 0.1) is 6.92 Å². The molecule has 0 radical (unpaired) electrons. The Hall–Kier alpha value is -0.420. The molecule has 0 aromatic carbocycles. The number of thiophene rings is 1. The summed E-state index contributed by atoms with van der Waals surface area (Å²) in [4.78, 5) is 2.41. The minimum absolute atomic E-state index is 0.0624. The van der Waals surface area contributed by atoms with Gasteiger partial charge in [0.15, 0.2) is 6.29 Å². The smallest absolute Gasteiger partial charge is 0.193 e. The van der Waals surface area contributed by atoms with E-state index in [0.717, 1.165) is 4.88 Å². The van der Waals surface area contributed by atoms with Crippen molar-refractivity contribution in [3.8, 4) is 0 Å². The maximum Gasteiger partial charge on any atom is 0.193 e. The quantitative estimate of drug-likeness (QED) is 0.783. The fourth-order valence-electron chi connectivity index (χ4n) is 1.30. The van der Waals surface area contributed by atoms with Gasteiger partial charge >= 0.3 is 0 Å². The molecule has 2 atom stereocenters. The first kappa shape index (κ1) is 9.15. The molecule has 0 bridgehead atoms. The first-order chi connectivity index (χ1) is 6.29. The van der Waals surface area contributed by atoms with Crippen molar-refractivity contribution >= 4 is 11.3 Å². The first-order valence-electron chi connectivity index (χ1n) is 4.33. The molecular weight excluding hydrogens is 186 g/mol. The molecule has 13 heavy (non-hydrogen) atoms. The number of hydrogen-bond donors (Lipinski definition) is 1. The third-order valence-electron chi connectivity index (χ3n) is 2.01. The van der Waals surface area contributed by atoms with Crippen molar-refractivity contribution in [2.75, 3.05) is 13.2 Å². The lowest BCUT2D eigenvalue weighted by Crippen LogP contribution is -2.21. The molecule has 1 saturated heterocycles. The summed E-state index contributed by atoms with van der Waals surface area (Å²) in [6, 6.07) is 4.12. The van der Waals surface area contributed by atoms with Gasteiger partial charge in [-0.25, -0.2) is 0 Å². The minimum Gasteiger partial charge on any atom is -0.345 e. The van der Waals surface area contributed by atoms with E-state index in [1.807, 2.05) is 6.07 Å². The van der Waals surface area contributed by atoms with E-state index in [9.17, 15) is 0 Å². The zero-order valence-electron chi connectivity index (χ0n) is 7.53. The second-order valence-corrected chi connectivity index (χ2v) is 4.43. The fraction of sp³-hybridized carbons (Fsp3) is 0.556. The maximum atomic E-state index is 5.57. The van der Waals surface area contributed by atoms with Gasteiger partial charge in [0.1, 0.15) is 0 Å². The molecular formula is C9H13NO2S. The van der Waals surface area contributed by atoms with E-state index in [-0.39, 0.29) is 12.4 Å². The summed E-state index contributed by atoms with van der Waals surface area (Å²) in [6.07, 6.45) is -0.125. The van der Waals surface area contributed by atoms with Gasteiger partial charge in [-0.1, -0.05) is 0 Å². The molecule has 1 aliphatic rings. The van der Waals surface area contributed by atoms with E-state index in [0.29, 0.717) is 13.2 Å². The largest absolute Gasteiger partial charge is 0.345 e. The van der Waals surface area contributed by atoms with Crippen molar-refractivity contribution in [1.82, 2.24) is 0 Å². The first-order valence-corrected chi connectivity index (χ1v) is 5.14. The van der Waals surface area contributed by atoms with E-state index in [1.54, 1.807) is 11.3 Å². The molecule has 72 valence electrons. The van der Waals surface area contributed by atoms with Crippen LogP contribution >= 0.6 is 11.3 Å². The normalized spacial score (nSPS) is 28.2. The van der Waals surface area contributed by atoms with Gasteiger partial charge in [-0.15, -0.1) is 11.3 Å². The van der Waals surface area contributed by atoms with E-state index in [2.05, 4.69) is 13.0 Å². The molecule has 0 saturated carbocycles. The monoisotopic (exact) mass is 199 g/mol. The summed E-state index contributed by atoms with van der Waals surface area (Å²) in [5.41, 5.74) is 5.48. The molecule has 1 aliphatic heterocycles. The summed E-state index contributed by atoms with van der Waals surface area (Å²) in [7, 11) is 0. The predicted octanol–water partition coefficient (Wildman–Crippen LogP) is 1.43. The van der Waals surface area contributed by atoms with Crippen molar-refractivity contribution in [2.24, 2.45) is 5.73 Å². The van der Waals surface area contributed by atoms with Crippen LogP contribution in [0.4, 0.5) is 0 Å². The molecule has 2 unspecified atom stereocenters. The van der Waals surface area contributed by atoms with Gasteiger partial charge in [0.2, 0.25) is 0 Å². The average Bonchev–Trinajstić information content (AvgIpc) is 2.71. The molecule has 2 heterocycles. The summed E-state index contributed by atoms with van der Waals surface area (Å²) >= 11 is 1.71. The van der Waals surface area contributed by atoms with Crippen LogP contribution in [0.2, 0.25) is 0 Å². The Balaban J connectivity index is 2.03. The van der Waals surface area contributed by atoms with Crippen LogP contribution in [0.15, 0.2) is 12.1 Å². The van der Waals surface area contributed by atoms with Gasteiger partial charge in [-0.05, 0) is 19.1 Å². The highest BCUT2D eigenvalue weighted by atomic mass is 32.1. The second-order valence-electron chi connectivity index (χ2n) is 3.11. The van der Waals surface area contributed by atoms with Gasteiger partial charge in [0, 0.05) is 11.4 Å². The minimum atomic E-state index is -0.188. The Labute approximate surface area is 81.5 Å². The third-order valence-corrected chi connectivity index (χ3v) is 3.03. The number of hydrogen-bond acceptors (Lipinski definition) is 4. The molecule has 2 rings (SSSR count). The summed E-state index contributed by atoms with van der Waals surface area (Å²) < 4.78 is 11.0. The van der Waals surface area contributed by atoms with Crippen molar-refractivity contribution < 1.29 is 9.47 Å². The highest BCUT2D eigenvalue weighted by Gasteiger charge is 2.26. The van der Waals surface area contributed by atoms with Crippen LogP contribution in [0.3, 0.4) is 0 Å². The molecule has 4 heteroatoms. The summed E-state index contributed by atoms with van der Waals surface area (Å²) in [5.74, 6) is 0. The zero-order valence-corrected chi connectivity index (χ0v) is 8.34. The molecule has 1 fully saturated rings. The Morgan fingerprint density at radius 2 is 2.46 bits per heavy atom. The van der Waals surface area contributed by atoms with E-state index in [1.165, 1.54) is 4.88 Å². The van der Waals surface area contributed by atoms with E-state index in [4.69, 9.17) is 15.2 Å². The van der Waals surface area contributed by atoms with Gasteiger partial charge in [-0.3, -0.25) is 0 Å².